The van der Waals surface area contributed by atoms with Gasteiger partial charge in [0.15, 0.2) is 0 Å². The number of ether oxygens (including phenoxy) is 1. The molecule has 7 rings (SSSR count). The van der Waals surface area contributed by atoms with Crippen LogP contribution in [0.5, 0.6) is 5.75 Å². The molecule has 272 valence electrons. The van der Waals surface area contributed by atoms with E-state index in [2.05, 4.69) is 46.3 Å². The molecule has 0 saturated carbocycles. The number of carbonyl (C=O) groups is 3. The highest BCUT2D eigenvalue weighted by Gasteiger charge is 2.30. The Morgan fingerprint density at radius 2 is 1.75 bits per heavy atom. The highest BCUT2D eigenvalue weighted by molar-refractivity contribution is 6.20. The average molecular weight is 734 g/mol. The number of amides is 4. The highest BCUT2D eigenvalue weighted by atomic mass is 35.5. The highest BCUT2D eigenvalue weighted by Crippen LogP contribution is 2.31. The monoisotopic (exact) mass is 733 g/mol. The maximum absolute atomic E-state index is 13.2. The first-order valence-electron chi connectivity index (χ1n) is 17.2. The number of piperazine rings is 1. The number of hydrogen-bond donors (Lipinski definition) is 3. The smallest absolute Gasteiger partial charge is 0.420 e. The van der Waals surface area contributed by atoms with E-state index in [1.165, 1.54) is 30.5 Å². The van der Waals surface area contributed by atoms with Gasteiger partial charge in [-0.3, -0.25) is 34.7 Å². The third-order valence-corrected chi connectivity index (χ3v) is 9.71. The first-order chi connectivity index (χ1) is 25.1. The van der Waals surface area contributed by atoms with Crippen LogP contribution in [-0.4, -0.2) is 100 Å². The number of piperidine rings is 1. The van der Waals surface area contributed by atoms with Crippen molar-refractivity contribution in [3.8, 4) is 17.0 Å². The Balaban J connectivity index is 0.934. The standard InChI is InChI=1S/C36H38ClF2N9O4/c37-36(38,39)52-29-6-4-26(5-7-29)42-34(50)25-21-30(31-8-12-41-44-31)33(40-22-25)47-18-16-46(17-19-47)27-9-13-45(14-10-27)23-24-2-1-3-28(20-24)48-15-11-32(49)43-35(48)51/h1-8,12,20-22,27H,9-11,13-19,23H2,(H,41,44)(H,42,50)(H,43,49,51). The van der Waals surface area contributed by atoms with E-state index in [0.717, 1.165) is 87.0 Å². The number of nitrogens with one attached hydrogen (secondary N) is 3. The van der Waals surface area contributed by atoms with Gasteiger partial charge in [-0.05, 0) is 80.0 Å². The molecule has 16 heteroatoms. The van der Waals surface area contributed by atoms with Crippen LogP contribution < -0.4 is 25.2 Å². The topological polar surface area (TPSA) is 139 Å². The third kappa shape index (κ3) is 8.49. The zero-order valence-electron chi connectivity index (χ0n) is 28.2. The van der Waals surface area contributed by atoms with Crippen molar-refractivity contribution in [3.05, 3.63) is 84.2 Å². The van der Waals surface area contributed by atoms with E-state index in [-0.39, 0.29) is 17.7 Å². The van der Waals surface area contributed by atoms with Crippen molar-refractivity contribution in [1.82, 2.24) is 30.3 Å². The lowest BCUT2D eigenvalue weighted by atomic mass is 10.0. The van der Waals surface area contributed by atoms with Gasteiger partial charge < -0.3 is 15.0 Å². The van der Waals surface area contributed by atoms with Gasteiger partial charge in [-0.15, -0.1) is 8.78 Å². The number of pyridine rings is 1. The second-order valence-electron chi connectivity index (χ2n) is 13.0. The average Bonchev–Trinajstić information content (AvgIpc) is 3.68. The lowest BCUT2D eigenvalue weighted by molar-refractivity contribution is -0.120. The molecule has 3 aliphatic rings. The fourth-order valence-electron chi connectivity index (χ4n) is 7.01. The van der Waals surface area contributed by atoms with Crippen molar-refractivity contribution < 1.29 is 27.9 Å². The lowest BCUT2D eigenvalue weighted by Gasteiger charge is -2.43. The SMILES string of the molecule is O=C1CCN(c2cccc(CN3CCC(N4CCN(c5ncc(C(=O)Nc6ccc(OC(F)(F)Cl)cc6)cc5-c5ccn[nH]5)CC4)CC3)c2)C(=O)N1. The van der Waals surface area contributed by atoms with E-state index in [4.69, 9.17) is 16.6 Å². The Morgan fingerprint density at radius 3 is 2.44 bits per heavy atom. The molecule has 13 nitrogen and oxygen atoms in total. The Kier molecular flexibility index (Phi) is 10.3. The molecule has 0 unspecified atom stereocenters. The summed E-state index contributed by atoms with van der Waals surface area (Å²) in [5, 5.41) is 12.3. The van der Waals surface area contributed by atoms with Crippen LogP contribution in [0.3, 0.4) is 0 Å². The van der Waals surface area contributed by atoms with E-state index in [0.29, 0.717) is 30.3 Å². The number of anilines is 3. The van der Waals surface area contributed by atoms with Crippen LogP contribution in [0.25, 0.3) is 11.3 Å². The summed E-state index contributed by atoms with van der Waals surface area (Å²) in [6.45, 7) is 6.46. The van der Waals surface area contributed by atoms with Gasteiger partial charge in [-0.25, -0.2) is 9.78 Å². The van der Waals surface area contributed by atoms with E-state index in [1.807, 2.05) is 24.3 Å². The van der Waals surface area contributed by atoms with Crippen molar-refractivity contribution in [2.45, 2.75) is 37.4 Å². The summed E-state index contributed by atoms with van der Waals surface area (Å²) in [5.41, 5.74) is 0.308. The predicted molar refractivity (Wildman–Crippen MR) is 192 cm³/mol. The molecular formula is C36H38ClF2N9O4. The number of nitrogens with zero attached hydrogens (tertiary/aromatic N) is 6. The quantitative estimate of drug-likeness (QED) is 0.190. The maximum Gasteiger partial charge on any atom is 0.487 e. The lowest BCUT2D eigenvalue weighted by Crippen LogP contribution is -2.53. The molecule has 2 aromatic carbocycles. The minimum atomic E-state index is -3.83. The van der Waals surface area contributed by atoms with E-state index < -0.39 is 11.5 Å². The van der Waals surface area contributed by atoms with Crippen molar-refractivity contribution in [2.24, 2.45) is 0 Å². The summed E-state index contributed by atoms with van der Waals surface area (Å²) in [6, 6.07) is 17.2. The van der Waals surface area contributed by atoms with Gasteiger partial charge in [0.1, 0.15) is 11.6 Å². The molecule has 3 N–H and O–H groups in total. The van der Waals surface area contributed by atoms with E-state index in [1.54, 1.807) is 17.2 Å². The number of halogens is 3. The number of benzene rings is 2. The molecule has 3 saturated heterocycles. The normalized spacial score (nSPS) is 18.0. The van der Waals surface area contributed by atoms with Crippen LogP contribution >= 0.6 is 11.6 Å². The number of alkyl halides is 3. The van der Waals surface area contributed by atoms with Gasteiger partial charge in [0, 0.05) is 92.7 Å². The Bertz CT molecular complexity index is 1890. The summed E-state index contributed by atoms with van der Waals surface area (Å²) in [7, 11) is 0. The summed E-state index contributed by atoms with van der Waals surface area (Å²) in [5.74, 6) is -0.0292. The Hall–Kier alpha value is -5.12. The zero-order valence-corrected chi connectivity index (χ0v) is 29.0. The number of carbonyl (C=O) groups excluding carboxylic acids is 3. The molecule has 4 aromatic rings. The number of aromatic nitrogens is 3. The molecule has 4 amide bonds. The van der Waals surface area contributed by atoms with Crippen LogP contribution in [0.15, 0.2) is 73.1 Å². The van der Waals surface area contributed by atoms with Crippen LogP contribution in [0, 0.1) is 0 Å². The number of rotatable bonds is 10. The molecule has 2 aromatic heterocycles. The second-order valence-corrected chi connectivity index (χ2v) is 13.5. The van der Waals surface area contributed by atoms with Gasteiger partial charge in [0.2, 0.25) is 5.91 Å². The van der Waals surface area contributed by atoms with Crippen LogP contribution in [-0.2, 0) is 11.3 Å². The number of urea groups is 1. The van der Waals surface area contributed by atoms with Crippen molar-refractivity contribution >= 4 is 46.6 Å². The molecule has 0 spiro atoms. The molecular weight excluding hydrogens is 696 g/mol. The summed E-state index contributed by atoms with van der Waals surface area (Å²) in [4.78, 5) is 50.7. The fraction of sp³-hybridized carbons (Fsp3) is 0.361. The Labute approximate surface area is 303 Å². The molecule has 0 atom stereocenters. The van der Waals surface area contributed by atoms with Crippen LogP contribution in [0.2, 0.25) is 0 Å². The largest absolute Gasteiger partial charge is 0.487 e. The van der Waals surface area contributed by atoms with Gasteiger partial charge in [0.05, 0.1) is 11.3 Å². The molecule has 0 bridgehead atoms. The number of H-pyrrole nitrogens is 1. The number of likely N-dealkylation sites (tertiary alicyclic amines) is 1. The first kappa shape index (κ1) is 35.3. The van der Waals surface area contributed by atoms with Crippen molar-refractivity contribution in [2.75, 3.05) is 60.9 Å². The third-order valence-electron chi connectivity index (χ3n) is 9.64. The molecule has 0 aliphatic carbocycles. The van der Waals surface area contributed by atoms with Gasteiger partial charge in [-0.2, -0.15) is 5.10 Å². The summed E-state index contributed by atoms with van der Waals surface area (Å²) >= 11 is 4.83. The van der Waals surface area contributed by atoms with Gasteiger partial charge in [-0.1, -0.05) is 12.1 Å². The molecule has 3 aliphatic heterocycles. The van der Waals surface area contributed by atoms with Crippen LogP contribution in [0.4, 0.5) is 30.8 Å². The molecule has 0 radical (unpaired) electrons. The molecule has 3 fully saturated rings. The minimum absolute atomic E-state index is 0.138. The van der Waals surface area contributed by atoms with Crippen molar-refractivity contribution in [3.63, 3.8) is 0 Å². The number of hydrogen-bond acceptors (Lipinski definition) is 9. The van der Waals surface area contributed by atoms with Gasteiger partial charge in [0.25, 0.3) is 5.91 Å². The molecule has 5 heterocycles. The van der Waals surface area contributed by atoms with E-state index >= 15 is 0 Å². The molecule has 52 heavy (non-hydrogen) atoms. The maximum atomic E-state index is 13.2. The zero-order chi connectivity index (χ0) is 36.2. The van der Waals surface area contributed by atoms with Crippen LogP contribution in [0.1, 0.15) is 35.2 Å². The predicted octanol–water partition coefficient (Wildman–Crippen LogP) is 5.12. The summed E-state index contributed by atoms with van der Waals surface area (Å²) in [6.07, 6.45) is 5.61. The van der Waals surface area contributed by atoms with E-state index in [9.17, 15) is 23.2 Å². The summed E-state index contributed by atoms with van der Waals surface area (Å²) < 4.78 is 30.2. The first-order valence-corrected chi connectivity index (χ1v) is 17.5. The number of imide groups is 1. The minimum Gasteiger partial charge on any atom is -0.420 e. The van der Waals surface area contributed by atoms with Gasteiger partial charge >= 0.3 is 11.6 Å². The van der Waals surface area contributed by atoms with Crippen molar-refractivity contribution in [1.29, 1.82) is 0 Å². The second kappa shape index (κ2) is 15.2. The number of aromatic amines is 1. The Morgan fingerprint density at radius 1 is 0.981 bits per heavy atom. The fourth-order valence-corrected chi connectivity index (χ4v) is 7.10.